The van der Waals surface area contributed by atoms with E-state index in [0.29, 0.717) is 0 Å². The number of alkyl halides is 3. The van der Waals surface area contributed by atoms with Crippen molar-refractivity contribution in [2.45, 2.75) is 12.3 Å². The van der Waals surface area contributed by atoms with Crippen LogP contribution in [0.1, 0.15) is 11.7 Å². The monoisotopic (exact) mass is 332 g/mol. The van der Waals surface area contributed by atoms with Gasteiger partial charge < -0.3 is 4.52 Å². The fourth-order valence-corrected chi connectivity index (χ4v) is 2.65. The van der Waals surface area contributed by atoms with E-state index in [9.17, 15) is 22.6 Å². The summed E-state index contributed by atoms with van der Waals surface area (Å²) in [7, 11) is -4.95. The molecule has 0 aromatic heterocycles. The normalized spacial score (nSPS) is 15.8. The molecular formula is C14H12F3O4P. The maximum absolute atomic E-state index is 13.1. The van der Waals surface area contributed by atoms with Gasteiger partial charge in [-0.1, -0.05) is 48.5 Å². The second-order valence-corrected chi connectivity index (χ2v) is 5.64. The predicted octanol–water partition coefficient (Wildman–Crippen LogP) is 4.49. The lowest BCUT2D eigenvalue weighted by Gasteiger charge is -2.23. The van der Waals surface area contributed by atoms with Gasteiger partial charge in [-0.2, -0.15) is 13.2 Å². The van der Waals surface area contributed by atoms with Crippen molar-refractivity contribution in [1.29, 1.82) is 0 Å². The van der Waals surface area contributed by atoms with E-state index in [2.05, 4.69) is 9.05 Å². The van der Waals surface area contributed by atoms with Gasteiger partial charge in [0.2, 0.25) is 0 Å². The van der Waals surface area contributed by atoms with E-state index in [0.717, 1.165) is 12.1 Å². The molecule has 0 amide bonds. The maximum atomic E-state index is 13.1. The molecule has 4 nitrogen and oxygen atoms in total. The van der Waals surface area contributed by atoms with Crippen LogP contribution in [0.3, 0.4) is 0 Å². The molecule has 1 unspecified atom stereocenters. The van der Waals surface area contributed by atoms with Crippen molar-refractivity contribution in [3.63, 3.8) is 0 Å². The van der Waals surface area contributed by atoms with Gasteiger partial charge >= 0.3 is 14.0 Å². The first-order valence-electron chi connectivity index (χ1n) is 6.15. The molecule has 0 aliphatic carbocycles. The van der Waals surface area contributed by atoms with Crippen molar-refractivity contribution in [1.82, 2.24) is 0 Å². The number of phosphoric acid groups is 1. The van der Waals surface area contributed by atoms with Crippen LogP contribution in [-0.4, -0.2) is 11.1 Å². The predicted molar refractivity (Wildman–Crippen MR) is 73.2 cm³/mol. The van der Waals surface area contributed by atoms with Crippen molar-refractivity contribution >= 4 is 7.82 Å². The lowest BCUT2D eigenvalue weighted by molar-refractivity contribution is -0.201. The molecule has 0 bridgehead atoms. The Morgan fingerprint density at radius 2 is 1.45 bits per heavy atom. The maximum Gasteiger partial charge on any atom is 0.528 e. The minimum absolute atomic E-state index is 0.0673. The van der Waals surface area contributed by atoms with Crippen molar-refractivity contribution in [2.75, 3.05) is 0 Å². The summed E-state index contributed by atoms with van der Waals surface area (Å²) in [5, 5.41) is 0. The Labute approximate surface area is 124 Å². The van der Waals surface area contributed by atoms with Gasteiger partial charge in [-0.25, -0.2) is 4.57 Å². The molecule has 118 valence electrons. The van der Waals surface area contributed by atoms with E-state index in [4.69, 9.17) is 0 Å². The van der Waals surface area contributed by atoms with E-state index in [1.54, 1.807) is 6.07 Å². The average Bonchev–Trinajstić information content (AvgIpc) is 2.45. The van der Waals surface area contributed by atoms with Crippen LogP contribution in [0, 0.1) is 0 Å². The zero-order valence-electron chi connectivity index (χ0n) is 11.1. The third kappa shape index (κ3) is 4.59. The molecule has 0 saturated heterocycles. The molecule has 0 aliphatic rings. The van der Waals surface area contributed by atoms with Gasteiger partial charge in [0.1, 0.15) is 5.75 Å². The van der Waals surface area contributed by atoms with E-state index in [1.165, 1.54) is 42.5 Å². The minimum atomic E-state index is -4.95. The van der Waals surface area contributed by atoms with Gasteiger partial charge in [0.15, 0.2) is 6.10 Å². The van der Waals surface area contributed by atoms with Crippen LogP contribution in [0.25, 0.3) is 0 Å². The molecular weight excluding hydrogens is 320 g/mol. The summed E-state index contributed by atoms with van der Waals surface area (Å²) in [5.41, 5.74) is -0.291. The first-order chi connectivity index (χ1) is 10.3. The van der Waals surface area contributed by atoms with Gasteiger partial charge in [0.25, 0.3) is 0 Å². The topological polar surface area (TPSA) is 55.8 Å². The Morgan fingerprint density at radius 1 is 0.955 bits per heavy atom. The quantitative estimate of drug-likeness (QED) is 0.820. The molecule has 1 N–H and O–H groups in total. The number of rotatable bonds is 5. The van der Waals surface area contributed by atoms with E-state index < -0.39 is 20.1 Å². The summed E-state index contributed by atoms with van der Waals surface area (Å²) in [4.78, 5) is 9.57. The largest absolute Gasteiger partial charge is 0.528 e. The molecule has 0 spiro atoms. The van der Waals surface area contributed by atoms with Crippen LogP contribution in [0.2, 0.25) is 0 Å². The van der Waals surface area contributed by atoms with E-state index in [-0.39, 0.29) is 11.3 Å². The lowest BCUT2D eigenvalue weighted by atomic mass is 10.1. The number of hydrogen-bond donors (Lipinski definition) is 1. The lowest BCUT2D eigenvalue weighted by Crippen LogP contribution is -2.23. The van der Waals surface area contributed by atoms with Crippen molar-refractivity contribution in [2.24, 2.45) is 0 Å². The third-order valence-electron chi connectivity index (χ3n) is 2.60. The van der Waals surface area contributed by atoms with Gasteiger partial charge in [0.05, 0.1) is 0 Å². The highest BCUT2D eigenvalue weighted by atomic mass is 31.2. The van der Waals surface area contributed by atoms with Gasteiger partial charge in [-0.3, -0.25) is 9.42 Å². The Morgan fingerprint density at radius 3 is 1.95 bits per heavy atom. The first kappa shape index (κ1) is 16.5. The molecule has 2 rings (SSSR count). The van der Waals surface area contributed by atoms with Crippen LogP contribution in [0.4, 0.5) is 13.2 Å². The third-order valence-corrected chi connectivity index (χ3v) is 3.52. The minimum Gasteiger partial charge on any atom is -0.404 e. The second kappa shape index (κ2) is 6.52. The van der Waals surface area contributed by atoms with Crippen LogP contribution in [0.15, 0.2) is 60.7 Å². The second-order valence-electron chi connectivity index (χ2n) is 4.31. The van der Waals surface area contributed by atoms with Crippen LogP contribution < -0.4 is 4.52 Å². The highest BCUT2D eigenvalue weighted by Gasteiger charge is 2.46. The van der Waals surface area contributed by atoms with Crippen LogP contribution in [-0.2, 0) is 9.09 Å². The standard InChI is InChI=1S/C14H12F3O4P/c15-14(16,17)13(11-7-3-1-4-8-11)21-22(18,19)20-12-9-5-2-6-10-12/h1-10,13H,(H,18,19)/t13-/m0/s1. The molecule has 2 aromatic rings. The molecule has 0 fully saturated rings. The average molecular weight is 332 g/mol. The first-order valence-corrected chi connectivity index (χ1v) is 7.65. The zero-order valence-corrected chi connectivity index (χ0v) is 12.0. The number of phosphoric ester groups is 1. The summed E-state index contributed by atoms with van der Waals surface area (Å²) in [6.07, 6.45) is -7.42. The molecule has 0 heterocycles. The smallest absolute Gasteiger partial charge is 0.404 e. The Balaban J connectivity index is 2.21. The van der Waals surface area contributed by atoms with Gasteiger partial charge in [-0.05, 0) is 17.7 Å². The number of benzene rings is 2. The fraction of sp³-hybridized carbons (Fsp3) is 0.143. The van der Waals surface area contributed by atoms with E-state index >= 15 is 0 Å². The molecule has 0 radical (unpaired) electrons. The number of para-hydroxylation sites is 1. The van der Waals surface area contributed by atoms with Crippen molar-refractivity contribution < 1.29 is 31.7 Å². The van der Waals surface area contributed by atoms with Crippen LogP contribution in [0.5, 0.6) is 5.75 Å². The summed E-state index contributed by atoms with van der Waals surface area (Å²) >= 11 is 0. The van der Waals surface area contributed by atoms with Crippen LogP contribution >= 0.6 is 7.82 Å². The highest BCUT2D eigenvalue weighted by molar-refractivity contribution is 7.47. The van der Waals surface area contributed by atoms with Crippen molar-refractivity contribution in [3.8, 4) is 5.75 Å². The Bertz CT molecular complexity index is 646. The van der Waals surface area contributed by atoms with E-state index in [1.807, 2.05) is 0 Å². The summed E-state index contributed by atoms with van der Waals surface area (Å²) in [5.74, 6) is -0.0673. The summed E-state index contributed by atoms with van der Waals surface area (Å²) < 4.78 is 60.0. The Hall–Kier alpha value is -1.82. The molecule has 0 aliphatic heterocycles. The molecule has 0 saturated carbocycles. The summed E-state index contributed by atoms with van der Waals surface area (Å²) in [6.45, 7) is 0. The van der Waals surface area contributed by atoms with Crippen molar-refractivity contribution in [3.05, 3.63) is 66.2 Å². The molecule has 22 heavy (non-hydrogen) atoms. The number of hydrogen-bond acceptors (Lipinski definition) is 3. The van der Waals surface area contributed by atoms with Gasteiger partial charge in [0, 0.05) is 0 Å². The molecule has 2 atom stereocenters. The SMILES string of the molecule is O=P(O)(Oc1ccccc1)O[C@@H](c1ccccc1)C(F)(F)F. The Kier molecular flexibility index (Phi) is 4.90. The fourth-order valence-electron chi connectivity index (χ4n) is 1.71. The van der Waals surface area contributed by atoms with Gasteiger partial charge in [-0.15, -0.1) is 0 Å². The highest BCUT2D eigenvalue weighted by Crippen LogP contribution is 2.52. The molecule has 2 aromatic carbocycles. The number of halogens is 3. The summed E-state index contributed by atoms with van der Waals surface area (Å²) in [6, 6.07) is 13.9. The zero-order chi connectivity index (χ0) is 16.2. The molecule has 8 heteroatoms.